The fourth-order valence-electron chi connectivity index (χ4n) is 2.96. The summed E-state index contributed by atoms with van der Waals surface area (Å²) in [5, 5.41) is 10.9. The van der Waals surface area contributed by atoms with E-state index in [0.29, 0.717) is 13.2 Å². The molecule has 0 aromatic carbocycles. The number of aliphatic imine (C=N–C) groups is 1. The molecule has 1 aliphatic heterocycles. The number of nitrogens with one attached hydrogen (secondary N) is 1. The predicted molar refractivity (Wildman–Crippen MR) is 109 cm³/mol. The van der Waals surface area contributed by atoms with Crippen molar-refractivity contribution >= 4 is 17.3 Å². The molecule has 0 saturated carbocycles. The van der Waals surface area contributed by atoms with E-state index in [-0.39, 0.29) is 11.5 Å². The molecule has 2 aromatic rings. The van der Waals surface area contributed by atoms with Crippen LogP contribution in [-0.4, -0.2) is 51.9 Å². The molecule has 0 aliphatic carbocycles. The second kappa shape index (κ2) is 8.39. The lowest BCUT2D eigenvalue weighted by Crippen LogP contribution is -2.48. The van der Waals surface area contributed by atoms with E-state index in [4.69, 9.17) is 14.7 Å². The normalized spacial score (nSPS) is 18.8. The molecule has 0 amide bonds. The zero-order valence-electron chi connectivity index (χ0n) is 16.9. The van der Waals surface area contributed by atoms with Gasteiger partial charge in [0.25, 0.3) is 0 Å². The monoisotopic (exact) mass is 390 g/mol. The van der Waals surface area contributed by atoms with Crippen LogP contribution in [0.15, 0.2) is 22.8 Å². The Labute approximate surface area is 165 Å². The molecule has 1 aliphatic rings. The summed E-state index contributed by atoms with van der Waals surface area (Å²) in [7, 11) is 1.93. The van der Waals surface area contributed by atoms with E-state index in [0.717, 1.165) is 41.9 Å². The van der Waals surface area contributed by atoms with Gasteiger partial charge in [-0.2, -0.15) is 5.10 Å². The summed E-state index contributed by atoms with van der Waals surface area (Å²) in [5.41, 5.74) is 2.21. The zero-order chi connectivity index (χ0) is 19.4. The van der Waals surface area contributed by atoms with Gasteiger partial charge < -0.3 is 15.0 Å². The molecule has 1 N–H and O–H groups in total. The second-order valence-corrected chi connectivity index (χ2v) is 8.68. The molecule has 0 spiro atoms. The van der Waals surface area contributed by atoms with Crippen molar-refractivity contribution in [3.63, 3.8) is 0 Å². The van der Waals surface area contributed by atoms with Crippen LogP contribution in [-0.2, 0) is 23.7 Å². The van der Waals surface area contributed by atoms with Crippen LogP contribution in [0.25, 0.3) is 0 Å². The van der Waals surface area contributed by atoms with Gasteiger partial charge in [0.05, 0.1) is 36.6 Å². The van der Waals surface area contributed by atoms with Crippen LogP contribution in [0, 0.1) is 0 Å². The molecule has 1 unspecified atom stereocenters. The Morgan fingerprint density at radius 3 is 2.89 bits per heavy atom. The van der Waals surface area contributed by atoms with Crippen LogP contribution in [0.5, 0.6) is 0 Å². The summed E-state index contributed by atoms with van der Waals surface area (Å²) in [6.07, 6.45) is 3.91. The molecule has 3 heterocycles. The number of nitrogens with zero attached hydrogens (tertiary/aromatic N) is 5. The lowest BCUT2D eigenvalue weighted by molar-refractivity contribution is -0.00805. The molecule has 0 radical (unpaired) electrons. The van der Waals surface area contributed by atoms with Crippen molar-refractivity contribution in [2.45, 2.75) is 45.8 Å². The number of ether oxygens (including phenoxy) is 1. The van der Waals surface area contributed by atoms with Gasteiger partial charge in [-0.3, -0.25) is 4.68 Å². The highest BCUT2D eigenvalue weighted by Crippen LogP contribution is 2.26. The largest absolute Gasteiger partial charge is 0.370 e. The Balaban J connectivity index is 1.70. The first kappa shape index (κ1) is 19.8. The molecule has 8 heteroatoms. The van der Waals surface area contributed by atoms with Crippen molar-refractivity contribution in [1.29, 1.82) is 0 Å². The summed E-state index contributed by atoms with van der Waals surface area (Å²) < 4.78 is 7.76. The molecule has 3 rings (SSSR count). The summed E-state index contributed by atoms with van der Waals surface area (Å²) in [4.78, 5) is 11.9. The van der Waals surface area contributed by atoms with E-state index in [1.807, 2.05) is 24.1 Å². The van der Waals surface area contributed by atoms with Crippen molar-refractivity contribution in [3.8, 4) is 0 Å². The second-order valence-electron chi connectivity index (χ2n) is 7.82. The third-order valence-corrected chi connectivity index (χ3v) is 5.70. The van der Waals surface area contributed by atoms with Crippen molar-refractivity contribution < 1.29 is 4.74 Å². The fraction of sp³-hybridized carbons (Fsp3) is 0.632. The first-order valence-corrected chi connectivity index (χ1v) is 10.3. The highest BCUT2D eigenvalue weighted by atomic mass is 32.1. The van der Waals surface area contributed by atoms with Gasteiger partial charge in [0.15, 0.2) is 5.96 Å². The molecule has 1 atom stereocenters. The van der Waals surface area contributed by atoms with Crippen LogP contribution in [0.4, 0.5) is 0 Å². The Kier molecular flexibility index (Phi) is 6.16. The topological polar surface area (TPSA) is 67.6 Å². The van der Waals surface area contributed by atoms with E-state index < -0.39 is 0 Å². The molecule has 27 heavy (non-hydrogen) atoms. The Bertz CT molecular complexity index is 775. The van der Waals surface area contributed by atoms with Crippen LogP contribution in [0.1, 0.15) is 50.1 Å². The van der Waals surface area contributed by atoms with Crippen LogP contribution >= 0.6 is 11.3 Å². The van der Waals surface area contributed by atoms with Crippen molar-refractivity contribution in [1.82, 2.24) is 25.0 Å². The Hall–Kier alpha value is -1.93. The average molecular weight is 391 g/mol. The lowest BCUT2D eigenvalue weighted by Gasteiger charge is -2.34. The van der Waals surface area contributed by atoms with Gasteiger partial charge in [0, 0.05) is 42.7 Å². The SMILES string of the molecule is CCNC(=NCc1csc(C(C)(C)C)n1)N1CCOC(c2cnn(C)c2)C1. The molecular weight excluding hydrogens is 360 g/mol. The molecular formula is C19H30N6OS. The van der Waals surface area contributed by atoms with Crippen molar-refractivity contribution in [3.05, 3.63) is 34.0 Å². The molecule has 148 valence electrons. The van der Waals surface area contributed by atoms with Crippen LogP contribution in [0.2, 0.25) is 0 Å². The third kappa shape index (κ3) is 5.07. The van der Waals surface area contributed by atoms with Crippen LogP contribution < -0.4 is 5.32 Å². The van der Waals surface area contributed by atoms with E-state index in [2.05, 4.69) is 48.4 Å². The first-order valence-electron chi connectivity index (χ1n) is 9.45. The number of morpholine rings is 1. The smallest absolute Gasteiger partial charge is 0.194 e. The number of aryl methyl sites for hydroxylation is 1. The zero-order valence-corrected chi connectivity index (χ0v) is 17.7. The summed E-state index contributed by atoms with van der Waals surface area (Å²) in [5.74, 6) is 0.917. The van der Waals surface area contributed by atoms with Gasteiger partial charge in [0.2, 0.25) is 0 Å². The van der Waals surface area contributed by atoms with Gasteiger partial charge in [-0.05, 0) is 6.92 Å². The number of hydrogen-bond acceptors (Lipinski definition) is 5. The minimum atomic E-state index is 0.0167. The predicted octanol–water partition coefficient (Wildman–Crippen LogP) is 2.71. The Morgan fingerprint density at radius 2 is 2.26 bits per heavy atom. The van der Waals surface area contributed by atoms with E-state index in [1.165, 1.54) is 0 Å². The summed E-state index contributed by atoms with van der Waals surface area (Å²) in [6.45, 7) is 12.3. The fourth-order valence-corrected chi connectivity index (χ4v) is 3.85. The van der Waals surface area contributed by atoms with Gasteiger partial charge in [-0.15, -0.1) is 11.3 Å². The number of guanidine groups is 1. The van der Waals surface area contributed by atoms with Crippen LogP contribution in [0.3, 0.4) is 0 Å². The number of rotatable bonds is 4. The third-order valence-electron chi connectivity index (χ3n) is 4.38. The maximum absolute atomic E-state index is 5.95. The highest BCUT2D eigenvalue weighted by molar-refractivity contribution is 7.09. The number of thiazole rings is 1. The first-order chi connectivity index (χ1) is 12.9. The highest BCUT2D eigenvalue weighted by Gasteiger charge is 2.25. The summed E-state index contributed by atoms with van der Waals surface area (Å²) in [6, 6.07) is 0. The molecule has 0 bridgehead atoms. The maximum Gasteiger partial charge on any atom is 0.194 e. The lowest BCUT2D eigenvalue weighted by atomic mass is 9.98. The minimum Gasteiger partial charge on any atom is -0.370 e. The molecule has 2 aromatic heterocycles. The minimum absolute atomic E-state index is 0.0167. The number of aromatic nitrogens is 3. The average Bonchev–Trinajstić information content (AvgIpc) is 3.27. The van der Waals surface area contributed by atoms with Gasteiger partial charge in [0.1, 0.15) is 6.10 Å². The van der Waals surface area contributed by atoms with Gasteiger partial charge in [-0.25, -0.2) is 9.98 Å². The van der Waals surface area contributed by atoms with Gasteiger partial charge >= 0.3 is 0 Å². The summed E-state index contributed by atoms with van der Waals surface area (Å²) >= 11 is 1.71. The van der Waals surface area contributed by atoms with Gasteiger partial charge in [-0.1, -0.05) is 20.8 Å². The van der Waals surface area contributed by atoms with E-state index in [9.17, 15) is 0 Å². The maximum atomic E-state index is 5.95. The van der Waals surface area contributed by atoms with E-state index >= 15 is 0 Å². The van der Waals surface area contributed by atoms with E-state index in [1.54, 1.807) is 11.3 Å². The molecule has 7 nitrogen and oxygen atoms in total. The van der Waals surface area contributed by atoms with Crippen molar-refractivity contribution in [2.24, 2.45) is 12.0 Å². The molecule has 1 saturated heterocycles. The standard InChI is InChI=1S/C19H30N6OS/c1-6-20-18(21-10-15-13-27-17(23-15)19(2,3)4)25-7-8-26-16(12-25)14-9-22-24(5)11-14/h9,11,13,16H,6-8,10,12H2,1-5H3,(H,20,21). The number of hydrogen-bond donors (Lipinski definition) is 1. The quantitative estimate of drug-likeness (QED) is 0.642. The van der Waals surface area contributed by atoms with Crippen molar-refractivity contribution in [2.75, 3.05) is 26.2 Å². The molecule has 1 fully saturated rings. The Morgan fingerprint density at radius 1 is 1.44 bits per heavy atom.